The average molecular weight is 362 g/mol. The van der Waals surface area contributed by atoms with Gasteiger partial charge in [0.2, 0.25) is 5.91 Å². The molecule has 1 N–H and O–H groups in total. The average Bonchev–Trinajstić information content (AvgIpc) is 3.38. The van der Waals surface area contributed by atoms with E-state index in [0.29, 0.717) is 15.7 Å². The molecular formula is C21H18N2O2S. The Kier molecular flexibility index (Phi) is 4.17. The Hall–Kier alpha value is -2.79. The first-order valence-electron chi connectivity index (χ1n) is 8.54. The van der Waals surface area contributed by atoms with Crippen molar-refractivity contribution in [2.75, 3.05) is 5.32 Å². The van der Waals surface area contributed by atoms with Gasteiger partial charge in [0.25, 0.3) is 0 Å². The van der Waals surface area contributed by atoms with Crippen molar-refractivity contribution < 1.29 is 9.59 Å². The van der Waals surface area contributed by atoms with Crippen molar-refractivity contribution in [1.29, 1.82) is 0 Å². The van der Waals surface area contributed by atoms with Gasteiger partial charge in [-0.05, 0) is 18.4 Å². The van der Waals surface area contributed by atoms with Crippen molar-refractivity contribution in [2.45, 2.75) is 25.2 Å². The van der Waals surface area contributed by atoms with Crippen LogP contribution in [0.5, 0.6) is 0 Å². The Bertz CT molecular complexity index is 960. The van der Waals surface area contributed by atoms with E-state index in [9.17, 15) is 9.59 Å². The summed E-state index contributed by atoms with van der Waals surface area (Å²) in [6, 6.07) is 19.4. The second-order valence-electron chi connectivity index (χ2n) is 6.52. The van der Waals surface area contributed by atoms with Crippen LogP contribution in [-0.4, -0.2) is 16.7 Å². The van der Waals surface area contributed by atoms with Crippen LogP contribution in [0.25, 0.3) is 11.3 Å². The van der Waals surface area contributed by atoms with Crippen LogP contribution in [0.4, 0.5) is 5.13 Å². The molecule has 1 amide bonds. The van der Waals surface area contributed by atoms with Crippen LogP contribution >= 0.6 is 11.3 Å². The zero-order valence-corrected chi connectivity index (χ0v) is 15.2. The van der Waals surface area contributed by atoms with Crippen molar-refractivity contribution >= 4 is 28.2 Å². The number of aromatic nitrogens is 1. The molecule has 5 heteroatoms. The van der Waals surface area contributed by atoms with Gasteiger partial charge in [0.15, 0.2) is 10.9 Å². The third kappa shape index (κ3) is 2.95. The highest BCUT2D eigenvalue weighted by Gasteiger charge is 2.51. The Morgan fingerprint density at radius 2 is 1.62 bits per heavy atom. The Balaban J connectivity index is 1.63. The summed E-state index contributed by atoms with van der Waals surface area (Å²) in [7, 11) is 0. The summed E-state index contributed by atoms with van der Waals surface area (Å²) in [5, 5.41) is 3.42. The van der Waals surface area contributed by atoms with E-state index < -0.39 is 5.41 Å². The summed E-state index contributed by atoms with van der Waals surface area (Å²) >= 11 is 1.24. The first-order valence-corrected chi connectivity index (χ1v) is 9.36. The van der Waals surface area contributed by atoms with Crippen molar-refractivity contribution in [1.82, 2.24) is 4.98 Å². The van der Waals surface area contributed by atoms with Gasteiger partial charge in [-0.3, -0.25) is 9.59 Å². The molecule has 1 aliphatic rings. The van der Waals surface area contributed by atoms with Crippen LogP contribution in [0.3, 0.4) is 0 Å². The number of nitrogens with zero attached hydrogens (tertiary/aromatic N) is 1. The minimum Gasteiger partial charge on any atom is -0.301 e. The molecule has 1 aliphatic carbocycles. The number of hydrogen-bond acceptors (Lipinski definition) is 4. The lowest BCUT2D eigenvalue weighted by atomic mass is 9.95. The largest absolute Gasteiger partial charge is 0.301 e. The predicted molar refractivity (Wildman–Crippen MR) is 104 cm³/mol. The van der Waals surface area contributed by atoms with Crippen molar-refractivity contribution in [3.8, 4) is 11.3 Å². The molecule has 1 saturated carbocycles. The SMILES string of the molecule is CC(=O)c1sc(NC(=O)C2(c3ccccc3)CC2)nc1-c1ccccc1. The van der Waals surface area contributed by atoms with Gasteiger partial charge in [-0.2, -0.15) is 0 Å². The van der Waals surface area contributed by atoms with Gasteiger partial charge in [-0.15, -0.1) is 0 Å². The standard InChI is InChI=1S/C21H18N2O2S/c1-14(24)18-17(15-8-4-2-5-9-15)22-20(26-18)23-19(25)21(12-13-21)16-10-6-3-7-11-16/h2-11H,12-13H2,1H3,(H,22,23,25). The number of ketones is 1. The third-order valence-corrected chi connectivity index (χ3v) is 5.80. The van der Waals surface area contributed by atoms with E-state index in [0.717, 1.165) is 24.0 Å². The highest BCUT2D eigenvalue weighted by atomic mass is 32.1. The minimum atomic E-state index is -0.462. The molecule has 2 aromatic carbocycles. The summed E-state index contributed by atoms with van der Waals surface area (Å²) < 4.78 is 0. The van der Waals surface area contributed by atoms with E-state index in [1.165, 1.54) is 18.3 Å². The van der Waals surface area contributed by atoms with Crippen LogP contribution in [0.15, 0.2) is 60.7 Å². The van der Waals surface area contributed by atoms with Gasteiger partial charge >= 0.3 is 0 Å². The molecule has 0 aliphatic heterocycles. The van der Waals surface area contributed by atoms with E-state index in [4.69, 9.17) is 0 Å². The number of carbonyl (C=O) groups is 2. The Morgan fingerprint density at radius 3 is 2.19 bits per heavy atom. The van der Waals surface area contributed by atoms with E-state index in [-0.39, 0.29) is 11.7 Å². The van der Waals surface area contributed by atoms with Crippen LogP contribution in [-0.2, 0) is 10.2 Å². The first-order chi connectivity index (χ1) is 12.6. The number of benzene rings is 2. The molecular weight excluding hydrogens is 344 g/mol. The highest BCUT2D eigenvalue weighted by molar-refractivity contribution is 7.18. The first kappa shape index (κ1) is 16.7. The molecule has 0 bridgehead atoms. The molecule has 0 saturated heterocycles. The van der Waals surface area contributed by atoms with Crippen molar-refractivity contribution in [3.63, 3.8) is 0 Å². The summed E-state index contributed by atoms with van der Waals surface area (Å²) in [5.74, 6) is -0.0989. The zero-order chi connectivity index (χ0) is 18.1. The maximum atomic E-state index is 12.9. The molecule has 0 atom stereocenters. The zero-order valence-electron chi connectivity index (χ0n) is 14.4. The molecule has 4 rings (SSSR count). The number of hydrogen-bond donors (Lipinski definition) is 1. The second-order valence-corrected chi connectivity index (χ2v) is 7.52. The number of amides is 1. The van der Waals surface area contributed by atoms with Gasteiger partial charge in [0.05, 0.1) is 16.0 Å². The van der Waals surface area contributed by atoms with Gasteiger partial charge < -0.3 is 5.32 Å². The Labute approximate surface area is 155 Å². The van der Waals surface area contributed by atoms with Gasteiger partial charge in [-0.25, -0.2) is 4.98 Å². The molecule has 0 spiro atoms. The summed E-state index contributed by atoms with van der Waals surface area (Å²) in [6.07, 6.45) is 1.67. The smallest absolute Gasteiger partial charge is 0.236 e. The van der Waals surface area contributed by atoms with E-state index in [1.54, 1.807) is 0 Å². The van der Waals surface area contributed by atoms with E-state index >= 15 is 0 Å². The molecule has 1 fully saturated rings. The topological polar surface area (TPSA) is 59.1 Å². The van der Waals surface area contributed by atoms with Crippen LogP contribution in [0.1, 0.15) is 35.0 Å². The van der Waals surface area contributed by atoms with Crippen LogP contribution in [0.2, 0.25) is 0 Å². The quantitative estimate of drug-likeness (QED) is 0.670. The second kappa shape index (κ2) is 6.50. The number of thiazole rings is 1. The van der Waals surface area contributed by atoms with Crippen molar-refractivity contribution in [2.24, 2.45) is 0 Å². The lowest BCUT2D eigenvalue weighted by molar-refractivity contribution is -0.118. The van der Waals surface area contributed by atoms with E-state index in [1.807, 2.05) is 60.7 Å². The molecule has 0 radical (unpaired) electrons. The Morgan fingerprint density at radius 1 is 1.00 bits per heavy atom. The molecule has 1 aromatic heterocycles. The monoisotopic (exact) mass is 362 g/mol. The van der Waals surface area contributed by atoms with E-state index in [2.05, 4.69) is 10.3 Å². The number of anilines is 1. The molecule has 3 aromatic rings. The third-order valence-electron chi connectivity index (χ3n) is 4.73. The van der Waals surface area contributed by atoms with Crippen molar-refractivity contribution in [3.05, 3.63) is 71.1 Å². The summed E-state index contributed by atoms with van der Waals surface area (Å²) in [5.41, 5.74) is 2.07. The number of Topliss-reactive ketones (excluding diaryl/α,β-unsaturated/α-hetero) is 1. The van der Waals surface area contributed by atoms with Crippen LogP contribution < -0.4 is 5.32 Å². The lowest BCUT2D eigenvalue weighted by Gasteiger charge is -2.14. The maximum Gasteiger partial charge on any atom is 0.236 e. The normalized spacial score (nSPS) is 14.7. The van der Waals surface area contributed by atoms with Gasteiger partial charge in [0.1, 0.15) is 0 Å². The number of carbonyl (C=O) groups excluding carboxylic acids is 2. The predicted octanol–water partition coefficient (Wildman–Crippen LogP) is 4.68. The summed E-state index contributed by atoms with van der Waals surface area (Å²) in [4.78, 5) is 30.0. The highest BCUT2D eigenvalue weighted by Crippen LogP contribution is 2.49. The maximum absolute atomic E-state index is 12.9. The molecule has 4 nitrogen and oxygen atoms in total. The molecule has 26 heavy (non-hydrogen) atoms. The number of nitrogens with one attached hydrogen (secondary N) is 1. The molecule has 1 heterocycles. The van der Waals surface area contributed by atoms with Crippen LogP contribution in [0, 0.1) is 0 Å². The fraction of sp³-hybridized carbons (Fsp3) is 0.190. The fourth-order valence-electron chi connectivity index (χ4n) is 3.15. The van der Waals surface area contributed by atoms with Gasteiger partial charge in [-0.1, -0.05) is 72.0 Å². The lowest BCUT2D eigenvalue weighted by Crippen LogP contribution is -2.27. The molecule has 0 unspecified atom stereocenters. The van der Waals surface area contributed by atoms with Gasteiger partial charge in [0, 0.05) is 12.5 Å². The number of rotatable bonds is 5. The minimum absolute atomic E-state index is 0.0489. The summed E-state index contributed by atoms with van der Waals surface area (Å²) in [6.45, 7) is 1.53. The fourth-order valence-corrected chi connectivity index (χ4v) is 4.03. The molecule has 130 valence electrons.